The van der Waals surface area contributed by atoms with Crippen molar-refractivity contribution in [3.8, 4) is 23.0 Å². The van der Waals surface area contributed by atoms with Crippen molar-refractivity contribution < 1.29 is 13.8 Å². The molecule has 0 unspecified atom stereocenters. The molecule has 0 aromatic heterocycles. The number of para-hydroxylation sites is 2. The van der Waals surface area contributed by atoms with Crippen molar-refractivity contribution >= 4 is 8.38 Å². The Morgan fingerprint density at radius 2 is 1.32 bits per heavy atom. The Hall–Kier alpha value is -1.73. The molecule has 2 aliphatic heterocycles. The molecule has 0 amide bonds. The maximum absolute atomic E-state index is 6.24. The van der Waals surface area contributed by atoms with Crippen LogP contribution in [0.1, 0.15) is 31.9 Å². The van der Waals surface area contributed by atoms with Gasteiger partial charge in [0, 0.05) is 0 Å². The van der Waals surface area contributed by atoms with Crippen LogP contribution in [-0.2, 0) is 12.8 Å². The van der Waals surface area contributed by atoms with Crippen LogP contribution in [0, 0.1) is 0 Å². The molecule has 3 nitrogen and oxygen atoms in total. The molecule has 0 saturated carbocycles. The fraction of sp³-hybridized carbons (Fsp3) is 0.333. The molecule has 0 spiro atoms. The molecule has 0 aliphatic carbocycles. The SMILES string of the molecule is CC(C)(C)P1Oc2cccc3c2Oc2c(cccc2O1)CC3. The number of benzene rings is 2. The van der Waals surface area contributed by atoms with Crippen LogP contribution >= 0.6 is 8.38 Å². The van der Waals surface area contributed by atoms with E-state index in [0.717, 1.165) is 35.8 Å². The van der Waals surface area contributed by atoms with Gasteiger partial charge in [-0.2, -0.15) is 0 Å². The summed E-state index contributed by atoms with van der Waals surface area (Å²) in [6.45, 7) is 6.44. The van der Waals surface area contributed by atoms with Crippen molar-refractivity contribution in [2.24, 2.45) is 0 Å². The van der Waals surface area contributed by atoms with Crippen LogP contribution in [-0.4, -0.2) is 5.16 Å². The van der Waals surface area contributed by atoms with Crippen molar-refractivity contribution in [2.75, 3.05) is 0 Å². The zero-order chi connectivity index (χ0) is 15.3. The maximum atomic E-state index is 6.24. The summed E-state index contributed by atoms with van der Waals surface area (Å²) in [6, 6.07) is 12.3. The number of ether oxygens (including phenoxy) is 1. The van der Waals surface area contributed by atoms with Crippen molar-refractivity contribution in [3.05, 3.63) is 47.5 Å². The van der Waals surface area contributed by atoms with Gasteiger partial charge in [-0.3, -0.25) is 0 Å². The summed E-state index contributed by atoms with van der Waals surface area (Å²) in [4.78, 5) is 0. The molecule has 4 heteroatoms. The normalized spacial score (nSPS) is 16.5. The average molecular weight is 314 g/mol. The van der Waals surface area contributed by atoms with Gasteiger partial charge >= 0.3 is 0 Å². The fourth-order valence-electron chi connectivity index (χ4n) is 2.73. The highest BCUT2D eigenvalue weighted by atomic mass is 31.2. The van der Waals surface area contributed by atoms with Gasteiger partial charge in [-0.15, -0.1) is 0 Å². The van der Waals surface area contributed by atoms with Crippen LogP contribution in [0.25, 0.3) is 0 Å². The summed E-state index contributed by atoms with van der Waals surface area (Å²) in [7, 11) is -1.11. The molecule has 0 radical (unpaired) electrons. The van der Waals surface area contributed by atoms with Crippen LogP contribution in [0.15, 0.2) is 36.4 Å². The summed E-state index contributed by atoms with van der Waals surface area (Å²) in [5.41, 5.74) is 2.40. The molecule has 0 N–H and O–H groups in total. The molecule has 114 valence electrons. The van der Waals surface area contributed by atoms with Crippen molar-refractivity contribution in [3.63, 3.8) is 0 Å². The molecule has 2 aromatic carbocycles. The first-order chi connectivity index (χ1) is 10.5. The van der Waals surface area contributed by atoms with E-state index in [9.17, 15) is 0 Å². The molecule has 2 bridgehead atoms. The minimum Gasteiger partial charge on any atom is -0.449 e. The Bertz CT molecular complexity index is 678. The third-order valence-electron chi connectivity index (χ3n) is 3.90. The van der Waals surface area contributed by atoms with Crippen molar-refractivity contribution in [1.29, 1.82) is 0 Å². The van der Waals surface area contributed by atoms with E-state index in [4.69, 9.17) is 13.8 Å². The number of aryl methyl sites for hydroxylation is 2. The molecule has 2 heterocycles. The number of hydrogen-bond donors (Lipinski definition) is 0. The molecule has 2 aliphatic rings. The summed E-state index contributed by atoms with van der Waals surface area (Å²) >= 11 is 0. The van der Waals surface area contributed by atoms with Gasteiger partial charge < -0.3 is 13.8 Å². The third kappa shape index (κ3) is 2.24. The number of hydrogen-bond acceptors (Lipinski definition) is 3. The van der Waals surface area contributed by atoms with Gasteiger partial charge in [0.1, 0.15) is 0 Å². The van der Waals surface area contributed by atoms with E-state index in [1.807, 2.05) is 24.3 Å². The van der Waals surface area contributed by atoms with Gasteiger partial charge in [-0.05, 0) is 56.9 Å². The lowest BCUT2D eigenvalue weighted by molar-refractivity contribution is 0.380. The summed E-state index contributed by atoms with van der Waals surface area (Å²) in [6.07, 6.45) is 1.91. The van der Waals surface area contributed by atoms with E-state index in [1.54, 1.807) is 0 Å². The van der Waals surface area contributed by atoms with Crippen LogP contribution in [0.5, 0.6) is 23.0 Å². The lowest BCUT2D eigenvalue weighted by Crippen LogP contribution is -2.19. The monoisotopic (exact) mass is 314 g/mol. The summed E-state index contributed by atoms with van der Waals surface area (Å²) < 4.78 is 18.7. The lowest BCUT2D eigenvalue weighted by atomic mass is 10.0. The summed E-state index contributed by atoms with van der Waals surface area (Å²) in [5, 5.41) is -0.0821. The predicted octanol–water partition coefficient (Wildman–Crippen LogP) is 5.46. The highest BCUT2D eigenvalue weighted by Crippen LogP contribution is 2.58. The van der Waals surface area contributed by atoms with Crippen LogP contribution in [0.4, 0.5) is 0 Å². The first-order valence-electron chi connectivity index (χ1n) is 7.60. The van der Waals surface area contributed by atoms with Gasteiger partial charge in [0.2, 0.25) is 0 Å². The Balaban J connectivity index is 1.94. The largest absolute Gasteiger partial charge is 0.449 e. The van der Waals surface area contributed by atoms with E-state index in [-0.39, 0.29) is 5.16 Å². The minimum atomic E-state index is -1.11. The van der Waals surface area contributed by atoms with Gasteiger partial charge in [0.05, 0.1) is 5.16 Å². The molecule has 22 heavy (non-hydrogen) atoms. The maximum Gasteiger partial charge on any atom is 0.296 e. The first-order valence-corrected chi connectivity index (χ1v) is 8.78. The zero-order valence-electron chi connectivity index (χ0n) is 13.1. The Morgan fingerprint density at radius 3 is 1.77 bits per heavy atom. The van der Waals surface area contributed by atoms with Crippen LogP contribution in [0.2, 0.25) is 0 Å². The van der Waals surface area contributed by atoms with E-state index in [2.05, 4.69) is 32.9 Å². The van der Waals surface area contributed by atoms with Crippen LogP contribution < -0.4 is 13.8 Å². The number of rotatable bonds is 0. The third-order valence-corrected chi connectivity index (χ3v) is 5.72. The van der Waals surface area contributed by atoms with Gasteiger partial charge in [0.15, 0.2) is 23.0 Å². The predicted molar refractivity (Wildman–Crippen MR) is 88.3 cm³/mol. The molecule has 2 aromatic rings. The quantitative estimate of drug-likeness (QED) is 0.604. The van der Waals surface area contributed by atoms with Gasteiger partial charge in [-0.25, -0.2) is 0 Å². The summed E-state index contributed by atoms with van der Waals surface area (Å²) in [5.74, 6) is 3.30. The first kappa shape index (κ1) is 13.9. The average Bonchev–Trinajstić information content (AvgIpc) is 2.64. The molecular weight excluding hydrogens is 295 g/mol. The highest BCUT2D eigenvalue weighted by molar-refractivity contribution is 7.49. The van der Waals surface area contributed by atoms with Gasteiger partial charge in [-0.1, -0.05) is 24.3 Å². The van der Waals surface area contributed by atoms with Gasteiger partial charge in [0.25, 0.3) is 8.38 Å². The standard InChI is InChI=1S/C18H19O3P/c1-18(2,3)22-20-14-8-4-6-12-10-11-13-7-5-9-15(21-22)17(13)19-16(12)14/h4-9H,10-11H2,1-3H3. The Kier molecular flexibility index (Phi) is 3.09. The molecule has 0 saturated heterocycles. The second-order valence-electron chi connectivity index (χ2n) is 6.70. The molecule has 4 rings (SSSR count). The van der Waals surface area contributed by atoms with E-state index in [0.29, 0.717) is 0 Å². The molecule has 0 atom stereocenters. The Morgan fingerprint density at radius 1 is 0.818 bits per heavy atom. The second kappa shape index (κ2) is 4.89. The molecule has 0 fully saturated rings. The van der Waals surface area contributed by atoms with E-state index >= 15 is 0 Å². The topological polar surface area (TPSA) is 27.7 Å². The Labute approximate surface area is 132 Å². The van der Waals surface area contributed by atoms with Crippen molar-refractivity contribution in [1.82, 2.24) is 0 Å². The van der Waals surface area contributed by atoms with Crippen molar-refractivity contribution in [2.45, 2.75) is 38.8 Å². The zero-order valence-corrected chi connectivity index (χ0v) is 13.9. The molecular formula is C18H19O3P. The lowest BCUT2D eigenvalue weighted by Gasteiger charge is -2.32. The van der Waals surface area contributed by atoms with Crippen LogP contribution in [0.3, 0.4) is 0 Å². The van der Waals surface area contributed by atoms with E-state index in [1.165, 1.54) is 11.1 Å². The highest BCUT2D eigenvalue weighted by Gasteiger charge is 2.36. The van der Waals surface area contributed by atoms with E-state index < -0.39 is 8.38 Å². The fourth-order valence-corrected chi connectivity index (χ4v) is 3.96. The minimum absolute atomic E-state index is 0.0821. The second-order valence-corrected chi connectivity index (χ2v) is 8.92. The smallest absolute Gasteiger partial charge is 0.296 e.